The van der Waals surface area contributed by atoms with Gasteiger partial charge in [0.05, 0.1) is 12.8 Å². The monoisotopic (exact) mass is 390 g/mol. The number of piperazine rings is 1. The van der Waals surface area contributed by atoms with Crippen molar-refractivity contribution in [1.29, 1.82) is 0 Å². The molecule has 1 atom stereocenters. The normalized spacial score (nSPS) is 16.2. The van der Waals surface area contributed by atoms with Crippen LogP contribution in [-0.2, 0) is 0 Å². The van der Waals surface area contributed by atoms with Gasteiger partial charge in [-0.3, -0.25) is 4.90 Å². The van der Waals surface area contributed by atoms with Gasteiger partial charge in [-0.2, -0.15) is 0 Å². The van der Waals surface area contributed by atoms with Crippen LogP contribution in [-0.4, -0.2) is 62.6 Å². The van der Waals surface area contributed by atoms with Gasteiger partial charge >= 0.3 is 0 Å². The van der Waals surface area contributed by atoms with Crippen LogP contribution >= 0.6 is 11.6 Å². The number of aryl methyl sites for hydroxylation is 1. The number of aliphatic hydroxyl groups excluding tert-OH is 1. The highest BCUT2D eigenvalue weighted by atomic mass is 35.5. The number of hydrogen-bond acceptors (Lipinski definition) is 5. The quantitative estimate of drug-likeness (QED) is 0.786. The molecule has 0 radical (unpaired) electrons. The molecule has 2 aromatic rings. The minimum Gasteiger partial charge on any atom is -0.495 e. The van der Waals surface area contributed by atoms with E-state index in [4.69, 9.17) is 21.1 Å². The number of halogens is 1. The third-order valence-electron chi connectivity index (χ3n) is 4.84. The fraction of sp³-hybridized carbons (Fsp3) is 0.429. The Morgan fingerprint density at radius 3 is 2.56 bits per heavy atom. The van der Waals surface area contributed by atoms with Gasteiger partial charge in [0.2, 0.25) is 0 Å². The lowest BCUT2D eigenvalue weighted by atomic mass is 10.2. The van der Waals surface area contributed by atoms with Crippen molar-refractivity contribution in [3.8, 4) is 11.5 Å². The van der Waals surface area contributed by atoms with E-state index in [9.17, 15) is 5.11 Å². The largest absolute Gasteiger partial charge is 0.495 e. The summed E-state index contributed by atoms with van der Waals surface area (Å²) in [4.78, 5) is 4.60. The number of anilines is 1. The van der Waals surface area contributed by atoms with E-state index >= 15 is 0 Å². The number of para-hydroxylation sites is 2. The predicted octanol–water partition coefficient (Wildman–Crippen LogP) is 3.22. The molecule has 2 aromatic carbocycles. The molecule has 146 valence electrons. The number of β-amino-alcohol motifs (C(OH)–C–C–N with tert-alkyl or cyclic N) is 1. The fourth-order valence-electron chi connectivity index (χ4n) is 3.31. The molecule has 1 N–H and O–H groups in total. The first-order valence-corrected chi connectivity index (χ1v) is 9.62. The number of hydrogen-bond donors (Lipinski definition) is 1. The predicted molar refractivity (Wildman–Crippen MR) is 109 cm³/mol. The minimum atomic E-state index is -0.529. The summed E-state index contributed by atoms with van der Waals surface area (Å²) in [6.07, 6.45) is -0.529. The van der Waals surface area contributed by atoms with Crippen LogP contribution in [0.4, 0.5) is 5.69 Å². The van der Waals surface area contributed by atoms with E-state index in [1.54, 1.807) is 7.11 Å². The molecule has 1 heterocycles. The molecule has 5 nitrogen and oxygen atoms in total. The van der Waals surface area contributed by atoms with Crippen molar-refractivity contribution >= 4 is 17.3 Å². The summed E-state index contributed by atoms with van der Waals surface area (Å²) in [5.41, 5.74) is 2.10. The molecule has 1 aliphatic rings. The molecular weight excluding hydrogens is 364 g/mol. The first-order chi connectivity index (χ1) is 13.1. The Hall–Kier alpha value is -1.95. The third-order valence-corrected chi connectivity index (χ3v) is 5.26. The fourth-order valence-corrected chi connectivity index (χ4v) is 3.43. The second kappa shape index (κ2) is 9.31. The second-order valence-corrected chi connectivity index (χ2v) is 7.24. The van der Waals surface area contributed by atoms with Gasteiger partial charge in [-0.1, -0.05) is 23.7 Å². The van der Waals surface area contributed by atoms with E-state index in [1.807, 2.05) is 43.3 Å². The minimum absolute atomic E-state index is 0.272. The molecule has 1 saturated heterocycles. The second-order valence-electron chi connectivity index (χ2n) is 6.84. The number of aliphatic hydroxyl groups is 1. The molecule has 0 saturated carbocycles. The zero-order valence-corrected chi connectivity index (χ0v) is 16.7. The summed E-state index contributed by atoms with van der Waals surface area (Å²) >= 11 is 6.02. The van der Waals surface area contributed by atoms with Crippen LogP contribution in [0.25, 0.3) is 0 Å². The van der Waals surface area contributed by atoms with Gasteiger partial charge in [0, 0.05) is 37.7 Å². The number of rotatable bonds is 7. The van der Waals surface area contributed by atoms with E-state index in [0.717, 1.165) is 54.0 Å². The van der Waals surface area contributed by atoms with Gasteiger partial charge in [0.1, 0.15) is 24.2 Å². The molecule has 3 rings (SSSR count). The van der Waals surface area contributed by atoms with Gasteiger partial charge < -0.3 is 19.5 Å². The number of methoxy groups -OCH3 is 1. The first kappa shape index (κ1) is 19.8. The Balaban J connectivity index is 1.45. The van der Waals surface area contributed by atoms with Crippen LogP contribution in [0.5, 0.6) is 11.5 Å². The highest BCUT2D eigenvalue weighted by Crippen LogP contribution is 2.28. The number of benzene rings is 2. The van der Waals surface area contributed by atoms with Crippen molar-refractivity contribution in [2.24, 2.45) is 0 Å². The Morgan fingerprint density at radius 2 is 1.85 bits per heavy atom. The average molecular weight is 391 g/mol. The molecule has 1 aliphatic heterocycles. The third kappa shape index (κ3) is 5.28. The lowest BCUT2D eigenvalue weighted by Crippen LogP contribution is -2.49. The van der Waals surface area contributed by atoms with E-state index in [0.29, 0.717) is 6.54 Å². The van der Waals surface area contributed by atoms with Crippen LogP contribution < -0.4 is 14.4 Å². The molecule has 0 aromatic heterocycles. The molecular formula is C21H27ClN2O3. The number of ether oxygens (including phenoxy) is 2. The smallest absolute Gasteiger partial charge is 0.142 e. The SMILES string of the molecule is COc1ccccc1N1CCN(C[C@@H](O)COc2ccc(Cl)c(C)c2)CC1. The van der Waals surface area contributed by atoms with E-state index in [1.165, 1.54) is 0 Å². The molecule has 0 unspecified atom stereocenters. The van der Waals surface area contributed by atoms with Gasteiger partial charge in [-0.05, 0) is 42.8 Å². The lowest BCUT2D eigenvalue weighted by Gasteiger charge is -2.37. The van der Waals surface area contributed by atoms with Crippen LogP contribution in [0.2, 0.25) is 5.02 Å². The number of nitrogens with zero attached hydrogens (tertiary/aromatic N) is 2. The highest BCUT2D eigenvalue weighted by molar-refractivity contribution is 6.31. The summed E-state index contributed by atoms with van der Waals surface area (Å²) in [6, 6.07) is 13.6. The summed E-state index contributed by atoms with van der Waals surface area (Å²) in [7, 11) is 1.70. The Kier molecular flexibility index (Phi) is 6.83. The highest BCUT2D eigenvalue weighted by Gasteiger charge is 2.21. The van der Waals surface area contributed by atoms with Crippen molar-refractivity contribution in [3.05, 3.63) is 53.1 Å². The molecule has 0 amide bonds. The maximum absolute atomic E-state index is 10.3. The van der Waals surface area contributed by atoms with Crippen LogP contribution in [0.3, 0.4) is 0 Å². The van der Waals surface area contributed by atoms with Crippen LogP contribution in [0.15, 0.2) is 42.5 Å². The average Bonchev–Trinajstić information content (AvgIpc) is 2.69. The van der Waals surface area contributed by atoms with Crippen LogP contribution in [0.1, 0.15) is 5.56 Å². The van der Waals surface area contributed by atoms with Gasteiger partial charge in [0.15, 0.2) is 0 Å². The molecule has 0 bridgehead atoms. The molecule has 0 aliphatic carbocycles. The lowest BCUT2D eigenvalue weighted by molar-refractivity contribution is 0.0662. The van der Waals surface area contributed by atoms with E-state index in [2.05, 4.69) is 15.9 Å². The van der Waals surface area contributed by atoms with Crippen molar-refractivity contribution < 1.29 is 14.6 Å². The first-order valence-electron chi connectivity index (χ1n) is 9.24. The zero-order valence-electron chi connectivity index (χ0n) is 15.9. The standard InChI is InChI=1S/C21H27ClN2O3/c1-16-13-18(7-8-19(16)22)27-15-17(25)14-23-9-11-24(12-10-23)20-5-3-4-6-21(20)26-2/h3-8,13,17,25H,9-12,14-15H2,1-2H3/t17-/m1/s1. The van der Waals surface area contributed by atoms with Crippen molar-refractivity contribution in [2.75, 3.05) is 51.3 Å². The van der Waals surface area contributed by atoms with Gasteiger partial charge in [0.25, 0.3) is 0 Å². The summed E-state index contributed by atoms with van der Waals surface area (Å²) in [5.74, 6) is 1.63. The molecule has 1 fully saturated rings. The Morgan fingerprint density at radius 1 is 1.11 bits per heavy atom. The van der Waals surface area contributed by atoms with Gasteiger partial charge in [-0.15, -0.1) is 0 Å². The topological polar surface area (TPSA) is 45.2 Å². The van der Waals surface area contributed by atoms with Crippen LogP contribution in [0, 0.1) is 6.92 Å². The Labute approximate surface area is 166 Å². The van der Waals surface area contributed by atoms with Crippen molar-refractivity contribution in [2.45, 2.75) is 13.0 Å². The van der Waals surface area contributed by atoms with E-state index in [-0.39, 0.29) is 6.61 Å². The molecule has 6 heteroatoms. The molecule has 0 spiro atoms. The molecule has 27 heavy (non-hydrogen) atoms. The summed E-state index contributed by atoms with van der Waals surface area (Å²) in [5, 5.41) is 11.0. The van der Waals surface area contributed by atoms with Crippen molar-refractivity contribution in [1.82, 2.24) is 4.90 Å². The maximum atomic E-state index is 10.3. The maximum Gasteiger partial charge on any atom is 0.142 e. The van der Waals surface area contributed by atoms with Gasteiger partial charge in [-0.25, -0.2) is 0 Å². The Bertz CT molecular complexity index is 748. The summed E-state index contributed by atoms with van der Waals surface area (Å²) < 4.78 is 11.2. The zero-order chi connectivity index (χ0) is 19.2. The van der Waals surface area contributed by atoms with Crippen molar-refractivity contribution in [3.63, 3.8) is 0 Å². The van der Waals surface area contributed by atoms with E-state index < -0.39 is 6.10 Å². The summed E-state index contributed by atoms with van der Waals surface area (Å²) in [6.45, 7) is 6.42.